The first-order chi connectivity index (χ1) is 11.3. The molecule has 1 aromatic rings. The zero-order valence-electron chi connectivity index (χ0n) is 13.6. The summed E-state index contributed by atoms with van der Waals surface area (Å²) in [6, 6.07) is 6.99. The highest BCUT2D eigenvalue weighted by Gasteiger charge is 2.26. The number of amides is 1. The number of hydrogen-bond acceptors (Lipinski definition) is 2. The number of carbonyl (C=O) groups excluding carboxylic acids is 1. The highest BCUT2D eigenvalue weighted by Crippen LogP contribution is 2.18. The van der Waals surface area contributed by atoms with Crippen molar-refractivity contribution >= 4 is 51.8 Å². The van der Waals surface area contributed by atoms with Gasteiger partial charge in [-0.25, -0.2) is 0 Å². The molecule has 0 fully saturated rings. The lowest BCUT2D eigenvalue weighted by Gasteiger charge is -2.13. The van der Waals surface area contributed by atoms with Crippen LogP contribution in [0.2, 0.25) is 0 Å². The molecule has 0 aliphatic heterocycles. The molecule has 0 bridgehead atoms. The van der Waals surface area contributed by atoms with Crippen molar-refractivity contribution in [3.05, 3.63) is 34.3 Å². The van der Waals surface area contributed by atoms with Gasteiger partial charge in [-0.2, -0.15) is 13.2 Å². The third-order valence-electron chi connectivity index (χ3n) is 2.96. The fourth-order valence-electron chi connectivity index (χ4n) is 1.74. The Labute approximate surface area is 170 Å². The number of aliphatic imine (C=N–C) groups is 1. The maximum atomic E-state index is 12.1. The van der Waals surface area contributed by atoms with E-state index in [4.69, 9.17) is 0 Å². The summed E-state index contributed by atoms with van der Waals surface area (Å²) in [6.07, 6.45) is -4.50. The molecular formula is C15H21BrF3IN4O. The summed E-state index contributed by atoms with van der Waals surface area (Å²) in [5.41, 5.74) is 0.566. The molecule has 5 nitrogen and oxygen atoms in total. The topological polar surface area (TPSA) is 65.5 Å². The molecule has 142 valence electrons. The van der Waals surface area contributed by atoms with E-state index in [-0.39, 0.29) is 36.4 Å². The van der Waals surface area contributed by atoms with E-state index >= 15 is 0 Å². The molecule has 1 aromatic carbocycles. The molecule has 0 saturated carbocycles. The van der Waals surface area contributed by atoms with Crippen LogP contribution in [0.25, 0.3) is 0 Å². The lowest BCUT2D eigenvalue weighted by Crippen LogP contribution is -2.40. The highest BCUT2D eigenvalue weighted by molar-refractivity contribution is 14.0. The molecule has 1 rings (SSSR count). The number of guanidine groups is 1. The minimum Gasteiger partial charge on any atom is -0.356 e. The smallest absolute Gasteiger partial charge is 0.356 e. The minimum absolute atomic E-state index is 0. The number of halogens is 5. The molecule has 0 aliphatic carbocycles. The Bertz CT molecular complexity index is 553. The van der Waals surface area contributed by atoms with Crippen LogP contribution in [-0.4, -0.2) is 44.7 Å². The van der Waals surface area contributed by atoms with E-state index in [2.05, 4.69) is 36.9 Å². The Hall–Kier alpha value is -1.04. The number of alkyl halides is 3. The van der Waals surface area contributed by atoms with E-state index < -0.39 is 12.6 Å². The molecule has 0 aromatic heterocycles. The third kappa shape index (κ3) is 11.2. The summed E-state index contributed by atoms with van der Waals surface area (Å²) in [6.45, 7) is 0.692. The zero-order chi connectivity index (χ0) is 18.0. The van der Waals surface area contributed by atoms with Gasteiger partial charge in [0.05, 0.1) is 6.42 Å². The maximum Gasteiger partial charge on any atom is 0.390 e. The first-order valence-corrected chi connectivity index (χ1v) is 8.16. The Balaban J connectivity index is 0.00000576. The molecule has 3 N–H and O–H groups in total. The molecule has 1 amide bonds. The Morgan fingerprint density at radius 1 is 1.08 bits per heavy atom. The van der Waals surface area contributed by atoms with Crippen LogP contribution in [0.4, 0.5) is 13.2 Å². The average Bonchev–Trinajstić information content (AvgIpc) is 2.52. The van der Waals surface area contributed by atoms with Crippen molar-refractivity contribution in [2.75, 3.05) is 26.7 Å². The molecule has 0 spiro atoms. The monoisotopic (exact) mass is 536 g/mol. The van der Waals surface area contributed by atoms with Crippen molar-refractivity contribution in [3.8, 4) is 0 Å². The van der Waals surface area contributed by atoms with Crippen LogP contribution in [0.3, 0.4) is 0 Å². The van der Waals surface area contributed by atoms with Gasteiger partial charge in [0.25, 0.3) is 5.91 Å². The molecule has 0 atom stereocenters. The number of nitrogens with zero attached hydrogens (tertiary/aromatic N) is 1. The summed E-state index contributed by atoms with van der Waals surface area (Å²) in [4.78, 5) is 15.7. The summed E-state index contributed by atoms with van der Waals surface area (Å²) >= 11 is 3.30. The van der Waals surface area contributed by atoms with E-state index in [1.54, 1.807) is 24.3 Å². The van der Waals surface area contributed by atoms with Crippen molar-refractivity contribution in [1.82, 2.24) is 16.0 Å². The fraction of sp³-hybridized carbons (Fsp3) is 0.467. The van der Waals surface area contributed by atoms with Gasteiger partial charge in [-0.3, -0.25) is 9.79 Å². The second-order valence-electron chi connectivity index (χ2n) is 4.91. The van der Waals surface area contributed by atoms with Crippen LogP contribution in [0, 0.1) is 0 Å². The molecule has 25 heavy (non-hydrogen) atoms. The zero-order valence-corrected chi connectivity index (χ0v) is 17.5. The maximum absolute atomic E-state index is 12.1. The second-order valence-corrected chi connectivity index (χ2v) is 5.82. The molecule has 0 unspecified atom stereocenters. The van der Waals surface area contributed by atoms with Gasteiger partial charge in [0, 0.05) is 36.7 Å². The van der Waals surface area contributed by atoms with E-state index in [1.165, 1.54) is 7.05 Å². The van der Waals surface area contributed by atoms with Crippen LogP contribution < -0.4 is 16.0 Å². The van der Waals surface area contributed by atoms with Crippen LogP contribution in [0.5, 0.6) is 0 Å². The van der Waals surface area contributed by atoms with Gasteiger partial charge in [0.15, 0.2) is 5.96 Å². The first-order valence-electron chi connectivity index (χ1n) is 7.37. The van der Waals surface area contributed by atoms with Gasteiger partial charge in [0.2, 0.25) is 0 Å². The van der Waals surface area contributed by atoms with Crippen molar-refractivity contribution in [1.29, 1.82) is 0 Å². The second kappa shape index (κ2) is 12.3. The molecule has 10 heteroatoms. The van der Waals surface area contributed by atoms with Gasteiger partial charge >= 0.3 is 6.18 Å². The van der Waals surface area contributed by atoms with Crippen LogP contribution in [0.1, 0.15) is 23.2 Å². The van der Waals surface area contributed by atoms with Crippen molar-refractivity contribution in [3.63, 3.8) is 0 Å². The van der Waals surface area contributed by atoms with Crippen molar-refractivity contribution < 1.29 is 18.0 Å². The van der Waals surface area contributed by atoms with Crippen molar-refractivity contribution in [2.45, 2.75) is 19.0 Å². The van der Waals surface area contributed by atoms with Crippen LogP contribution >= 0.6 is 39.9 Å². The van der Waals surface area contributed by atoms with E-state index in [9.17, 15) is 18.0 Å². The predicted molar refractivity (Wildman–Crippen MR) is 107 cm³/mol. The summed E-state index contributed by atoms with van der Waals surface area (Å²) in [7, 11) is 1.48. The third-order valence-corrected chi connectivity index (χ3v) is 3.49. The Kier molecular flexibility index (Phi) is 11.8. The Morgan fingerprint density at radius 2 is 1.64 bits per heavy atom. The predicted octanol–water partition coefficient (Wildman–Crippen LogP) is 3.30. The van der Waals surface area contributed by atoms with E-state index in [1.807, 2.05) is 0 Å². The molecule has 0 aliphatic rings. The summed E-state index contributed by atoms with van der Waals surface area (Å²) in [5.74, 6) is 0.133. The standard InChI is InChI=1S/C15H20BrF3N4O.HI/c1-20-14(23-10-7-15(17,18)19)22-9-2-8-21-13(24)11-3-5-12(16)6-4-11;/h3-6H,2,7-10H2,1H3,(H,21,24)(H2,20,22,23);1H. The van der Waals surface area contributed by atoms with Gasteiger partial charge in [-0.05, 0) is 30.7 Å². The quantitative estimate of drug-likeness (QED) is 0.217. The first kappa shape index (κ1) is 24.0. The fourth-order valence-corrected chi connectivity index (χ4v) is 2.01. The Morgan fingerprint density at radius 3 is 2.20 bits per heavy atom. The lowest BCUT2D eigenvalue weighted by molar-refractivity contribution is -0.132. The molecular weight excluding hydrogens is 516 g/mol. The van der Waals surface area contributed by atoms with E-state index in [0.717, 1.165) is 4.47 Å². The highest BCUT2D eigenvalue weighted by atomic mass is 127. The average molecular weight is 537 g/mol. The normalized spacial score (nSPS) is 11.5. The lowest BCUT2D eigenvalue weighted by atomic mass is 10.2. The minimum atomic E-state index is -4.19. The van der Waals surface area contributed by atoms with Gasteiger partial charge in [-0.15, -0.1) is 24.0 Å². The van der Waals surface area contributed by atoms with Gasteiger partial charge in [-0.1, -0.05) is 15.9 Å². The number of rotatable bonds is 7. The van der Waals surface area contributed by atoms with E-state index in [0.29, 0.717) is 31.0 Å². The summed E-state index contributed by atoms with van der Waals surface area (Å²) < 4.78 is 37.1. The molecule has 0 saturated heterocycles. The molecule has 0 radical (unpaired) electrons. The van der Waals surface area contributed by atoms with Crippen LogP contribution in [-0.2, 0) is 0 Å². The number of hydrogen-bond donors (Lipinski definition) is 3. The number of nitrogens with one attached hydrogen (secondary N) is 3. The largest absolute Gasteiger partial charge is 0.390 e. The van der Waals surface area contributed by atoms with Gasteiger partial charge < -0.3 is 16.0 Å². The summed E-state index contributed by atoms with van der Waals surface area (Å²) in [5, 5.41) is 8.24. The van der Waals surface area contributed by atoms with Crippen LogP contribution in [0.15, 0.2) is 33.7 Å². The SMILES string of the molecule is CN=C(NCCCNC(=O)c1ccc(Br)cc1)NCCC(F)(F)F.I. The number of carbonyl (C=O) groups is 1. The van der Waals surface area contributed by atoms with Crippen molar-refractivity contribution in [2.24, 2.45) is 4.99 Å². The number of benzene rings is 1. The van der Waals surface area contributed by atoms with Gasteiger partial charge in [0.1, 0.15) is 0 Å². The molecule has 0 heterocycles.